The predicted octanol–water partition coefficient (Wildman–Crippen LogP) is 2.38. The minimum Gasteiger partial charge on any atom is -0.397 e. The van der Waals surface area contributed by atoms with E-state index in [-0.39, 0.29) is 0 Å². The summed E-state index contributed by atoms with van der Waals surface area (Å²) in [6.07, 6.45) is 3.43. The SMILES string of the molecule is CCC1(C)CCN(c2c(N)cccc2C(N)=O)CC1. The molecule has 4 heteroatoms. The lowest BCUT2D eigenvalue weighted by molar-refractivity contribution is 0.100. The second kappa shape index (κ2) is 5.11. The van der Waals surface area contributed by atoms with Crippen molar-refractivity contribution in [3.05, 3.63) is 23.8 Å². The highest BCUT2D eigenvalue weighted by atomic mass is 16.1. The molecule has 1 aromatic rings. The van der Waals surface area contributed by atoms with Gasteiger partial charge in [-0.1, -0.05) is 26.3 Å². The number of para-hydroxylation sites is 1. The maximum absolute atomic E-state index is 11.5. The lowest BCUT2D eigenvalue weighted by Crippen LogP contribution is -2.39. The van der Waals surface area contributed by atoms with Gasteiger partial charge >= 0.3 is 0 Å². The van der Waals surface area contributed by atoms with Crippen molar-refractivity contribution in [1.29, 1.82) is 0 Å². The van der Waals surface area contributed by atoms with Crippen LogP contribution in [0.4, 0.5) is 11.4 Å². The summed E-state index contributed by atoms with van der Waals surface area (Å²) in [5, 5.41) is 0. The zero-order valence-electron chi connectivity index (χ0n) is 11.8. The van der Waals surface area contributed by atoms with Gasteiger partial charge in [-0.25, -0.2) is 0 Å². The van der Waals surface area contributed by atoms with Crippen molar-refractivity contribution in [2.75, 3.05) is 23.7 Å². The first-order valence-corrected chi connectivity index (χ1v) is 6.90. The van der Waals surface area contributed by atoms with Crippen LogP contribution in [0.15, 0.2) is 18.2 Å². The summed E-state index contributed by atoms with van der Waals surface area (Å²) >= 11 is 0. The van der Waals surface area contributed by atoms with E-state index in [1.165, 1.54) is 6.42 Å². The van der Waals surface area contributed by atoms with Gasteiger partial charge in [0.2, 0.25) is 0 Å². The molecule has 0 saturated carbocycles. The fourth-order valence-corrected chi connectivity index (χ4v) is 2.74. The molecule has 104 valence electrons. The number of carbonyl (C=O) groups is 1. The molecule has 1 amide bonds. The van der Waals surface area contributed by atoms with E-state index in [4.69, 9.17) is 11.5 Å². The number of hydrogen-bond donors (Lipinski definition) is 2. The van der Waals surface area contributed by atoms with Gasteiger partial charge in [0.15, 0.2) is 0 Å². The molecule has 4 nitrogen and oxygen atoms in total. The average Bonchev–Trinajstić information content (AvgIpc) is 2.40. The first kappa shape index (κ1) is 13.7. The number of amides is 1. The molecule has 19 heavy (non-hydrogen) atoms. The van der Waals surface area contributed by atoms with Gasteiger partial charge in [0.05, 0.1) is 16.9 Å². The Bertz CT molecular complexity index is 476. The molecule has 0 aromatic heterocycles. The molecule has 1 aliphatic rings. The summed E-state index contributed by atoms with van der Waals surface area (Å²) in [7, 11) is 0. The van der Waals surface area contributed by atoms with E-state index in [9.17, 15) is 4.79 Å². The number of rotatable bonds is 3. The Hall–Kier alpha value is -1.71. The van der Waals surface area contributed by atoms with E-state index in [0.717, 1.165) is 31.6 Å². The monoisotopic (exact) mass is 261 g/mol. The Balaban J connectivity index is 2.27. The van der Waals surface area contributed by atoms with Gasteiger partial charge < -0.3 is 16.4 Å². The minimum atomic E-state index is -0.411. The third-order valence-electron chi connectivity index (χ3n) is 4.47. The topological polar surface area (TPSA) is 72.3 Å². The van der Waals surface area contributed by atoms with Gasteiger partial charge in [-0.3, -0.25) is 4.79 Å². The van der Waals surface area contributed by atoms with Gasteiger partial charge in [0.1, 0.15) is 0 Å². The largest absolute Gasteiger partial charge is 0.397 e. The van der Waals surface area contributed by atoms with Crippen LogP contribution < -0.4 is 16.4 Å². The molecule has 1 saturated heterocycles. The summed E-state index contributed by atoms with van der Waals surface area (Å²) in [4.78, 5) is 13.7. The second-order valence-corrected chi connectivity index (χ2v) is 5.76. The minimum absolute atomic E-state index is 0.410. The lowest BCUT2D eigenvalue weighted by atomic mass is 9.78. The van der Waals surface area contributed by atoms with Crippen molar-refractivity contribution in [2.24, 2.45) is 11.1 Å². The molecule has 1 fully saturated rings. The maximum Gasteiger partial charge on any atom is 0.250 e. The number of piperidine rings is 1. The Morgan fingerprint density at radius 2 is 2.00 bits per heavy atom. The number of nitrogens with two attached hydrogens (primary N) is 2. The Morgan fingerprint density at radius 3 is 2.53 bits per heavy atom. The number of hydrogen-bond acceptors (Lipinski definition) is 3. The zero-order chi connectivity index (χ0) is 14.0. The number of nitrogen functional groups attached to an aromatic ring is 1. The van der Waals surface area contributed by atoms with Gasteiger partial charge in [0, 0.05) is 13.1 Å². The van der Waals surface area contributed by atoms with Crippen molar-refractivity contribution in [3.8, 4) is 0 Å². The summed E-state index contributed by atoms with van der Waals surface area (Å²) in [6.45, 7) is 6.42. The van der Waals surface area contributed by atoms with E-state index in [1.54, 1.807) is 12.1 Å². The fourth-order valence-electron chi connectivity index (χ4n) is 2.74. The number of carbonyl (C=O) groups excluding carboxylic acids is 1. The number of anilines is 2. The summed E-state index contributed by atoms with van der Waals surface area (Å²) in [6, 6.07) is 5.36. The molecule has 0 spiro atoms. The van der Waals surface area contributed by atoms with E-state index < -0.39 is 5.91 Å². The first-order chi connectivity index (χ1) is 8.97. The Kier molecular flexibility index (Phi) is 3.69. The number of benzene rings is 1. The highest BCUT2D eigenvalue weighted by molar-refractivity contribution is 6.01. The van der Waals surface area contributed by atoms with Crippen LogP contribution in [0.3, 0.4) is 0 Å². The van der Waals surface area contributed by atoms with Gasteiger partial charge in [-0.05, 0) is 30.4 Å². The van der Waals surface area contributed by atoms with Crippen LogP contribution in [0.1, 0.15) is 43.5 Å². The fraction of sp³-hybridized carbons (Fsp3) is 0.533. The third kappa shape index (κ3) is 2.67. The van der Waals surface area contributed by atoms with E-state index >= 15 is 0 Å². The highest BCUT2D eigenvalue weighted by Crippen LogP contribution is 2.38. The normalized spacial score (nSPS) is 18.3. The molecular formula is C15H23N3O. The van der Waals surface area contributed by atoms with Crippen molar-refractivity contribution in [3.63, 3.8) is 0 Å². The van der Waals surface area contributed by atoms with Crippen molar-refractivity contribution in [2.45, 2.75) is 33.1 Å². The third-order valence-corrected chi connectivity index (χ3v) is 4.47. The molecule has 0 unspecified atom stereocenters. The van der Waals surface area contributed by atoms with Crippen molar-refractivity contribution in [1.82, 2.24) is 0 Å². The molecule has 0 bridgehead atoms. The van der Waals surface area contributed by atoms with Crippen LogP contribution in [-0.2, 0) is 0 Å². The van der Waals surface area contributed by atoms with Crippen LogP contribution in [-0.4, -0.2) is 19.0 Å². The molecule has 1 aromatic carbocycles. The molecule has 0 atom stereocenters. The number of nitrogens with zero attached hydrogens (tertiary/aromatic N) is 1. The standard InChI is InChI=1S/C15H23N3O/c1-3-15(2)7-9-18(10-8-15)13-11(14(17)19)5-4-6-12(13)16/h4-6H,3,7-10,16H2,1-2H3,(H2,17,19). The Labute approximate surface area is 114 Å². The quantitative estimate of drug-likeness (QED) is 0.820. The number of primary amides is 1. The molecule has 1 aliphatic heterocycles. The van der Waals surface area contributed by atoms with Crippen LogP contribution in [0.2, 0.25) is 0 Å². The summed E-state index contributed by atoms with van der Waals surface area (Å²) < 4.78 is 0. The second-order valence-electron chi connectivity index (χ2n) is 5.76. The van der Waals surface area contributed by atoms with Crippen LogP contribution in [0, 0.1) is 5.41 Å². The maximum atomic E-state index is 11.5. The lowest BCUT2D eigenvalue weighted by Gasteiger charge is -2.40. The van der Waals surface area contributed by atoms with Crippen LogP contribution in [0.25, 0.3) is 0 Å². The predicted molar refractivity (Wildman–Crippen MR) is 79.2 cm³/mol. The smallest absolute Gasteiger partial charge is 0.250 e. The summed E-state index contributed by atoms with van der Waals surface area (Å²) in [5.41, 5.74) is 13.9. The van der Waals surface area contributed by atoms with E-state index in [0.29, 0.717) is 16.7 Å². The highest BCUT2D eigenvalue weighted by Gasteiger charge is 2.30. The Morgan fingerprint density at radius 1 is 1.37 bits per heavy atom. The molecule has 4 N–H and O–H groups in total. The van der Waals surface area contributed by atoms with Gasteiger partial charge in [-0.2, -0.15) is 0 Å². The van der Waals surface area contributed by atoms with E-state index in [2.05, 4.69) is 18.7 Å². The van der Waals surface area contributed by atoms with E-state index in [1.807, 2.05) is 6.07 Å². The van der Waals surface area contributed by atoms with Gasteiger partial charge in [0.25, 0.3) is 5.91 Å². The van der Waals surface area contributed by atoms with Crippen molar-refractivity contribution >= 4 is 17.3 Å². The molecule has 0 radical (unpaired) electrons. The first-order valence-electron chi connectivity index (χ1n) is 6.90. The van der Waals surface area contributed by atoms with Crippen LogP contribution >= 0.6 is 0 Å². The van der Waals surface area contributed by atoms with Gasteiger partial charge in [-0.15, -0.1) is 0 Å². The molecular weight excluding hydrogens is 238 g/mol. The average molecular weight is 261 g/mol. The molecule has 2 rings (SSSR count). The summed E-state index contributed by atoms with van der Waals surface area (Å²) in [5.74, 6) is -0.411. The molecule has 0 aliphatic carbocycles. The van der Waals surface area contributed by atoms with Crippen LogP contribution in [0.5, 0.6) is 0 Å². The van der Waals surface area contributed by atoms with Crippen molar-refractivity contribution < 1.29 is 4.79 Å². The zero-order valence-corrected chi connectivity index (χ0v) is 11.8. The molecule has 1 heterocycles.